The molecule has 2 fully saturated rings. The molecule has 2 rings (SSSR count). The summed E-state index contributed by atoms with van der Waals surface area (Å²) >= 11 is 0. The van der Waals surface area contributed by atoms with E-state index in [0.29, 0.717) is 12.8 Å². The van der Waals surface area contributed by atoms with Gasteiger partial charge in [-0.3, -0.25) is 9.59 Å². The van der Waals surface area contributed by atoms with Crippen LogP contribution in [-0.2, 0) is 38.0 Å². The second kappa shape index (κ2) is 40.3. The second-order valence-corrected chi connectivity index (χ2v) is 18.7. The summed E-state index contributed by atoms with van der Waals surface area (Å²) in [6.07, 6.45) is 25.9. The Kier molecular flexibility index (Phi) is 36.7. The van der Waals surface area contributed by atoms with Crippen molar-refractivity contribution in [3.8, 4) is 0 Å². The van der Waals surface area contributed by atoms with Crippen molar-refractivity contribution in [3.05, 3.63) is 36.5 Å². The van der Waals surface area contributed by atoms with Crippen LogP contribution in [0.25, 0.3) is 0 Å². The van der Waals surface area contributed by atoms with Crippen molar-refractivity contribution in [2.45, 2.75) is 261 Å². The summed E-state index contributed by atoms with van der Waals surface area (Å²) in [6.45, 7) is 2.54. The fourth-order valence-electron chi connectivity index (χ4n) is 8.18. The summed E-state index contributed by atoms with van der Waals surface area (Å²) in [5, 5.41) is 72.1. The lowest BCUT2D eigenvalue weighted by atomic mass is 9.98. The molecule has 2 aliphatic rings. The SMILES string of the molecule is CCCCC/C=C/C/C=C/CCCCCCCC(=O)OC[C@H](CO[C@H]1O[C@@H](CO[C@H]2O[C@@H](CO)[C@@H](O)C(O)C2O)[C@@H](O)C(O)C1O)OC(=O)CCCCCCCCCCC/C=C/CCCCCC. The van der Waals surface area contributed by atoms with E-state index in [2.05, 4.69) is 50.3 Å². The molecule has 0 aromatic heterocycles. The molecule has 15 heteroatoms. The largest absolute Gasteiger partial charge is 0.462 e. The Labute approximate surface area is 408 Å². The monoisotopic (exact) mass is 971 g/mol. The molecule has 0 aliphatic carbocycles. The Balaban J connectivity index is 1.80. The van der Waals surface area contributed by atoms with Gasteiger partial charge in [-0.2, -0.15) is 0 Å². The summed E-state index contributed by atoms with van der Waals surface area (Å²) in [6, 6.07) is 0. The average Bonchev–Trinajstić information content (AvgIpc) is 3.33. The van der Waals surface area contributed by atoms with Crippen molar-refractivity contribution in [2.24, 2.45) is 0 Å². The minimum atomic E-state index is -1.77. The Hall–Kier alpha value is -2.28. The number of unbranched alkanes of at least 4 members (excludes halogenated alkanes) is 21. The lowest BCUT2D eigenvalue weighted by Crippen LogP contribution is -2.61. The highest BCUT2D eigenvalue weighted by atomic mass is 16.7. The molecule has 15 nitrogen and oxygen atoms in total. The number of hydrogen-bond acceptors (Lipinski definition) is 15. The van der Waals surface area contributed by atoms with E-state index in [1.165, 1.54) is 83.5 Å². The van der Waals surface area contributed by atoms with Crippen LogP contribution in [0, 0.1) is 0 Å². The van der Waals surface area contributed by atoms with Crippen molar-refractivity contribution in [3.63, 3.8) is 0 Å². The molecule has 0 amide bonds. The van der Waals surface area contributed by atoms with Gasteiger partial charge in [0, 0.05) is 12.8 Å². The number of hydrogen-bond donors (Lipinski definition) is 7. The number of allylic oxidation sites excluding steroid dienone is 6. The number of ether oxygens (including phenoxy) is 6. The van der Waals surface area contributed by atoms with Crippen molar-refractivity contribution >= 4 is 11.9 Å². The van der Waals surface area contributed by atoms with Crippen LogP contribution in [0.15, 0.2) is 36.5 Å². The Morgan fingerprint density at radius 3 is 1.41 bits per heavy atom. The molecule has 4 unspecified atom stereocenters. The van der Waals surface area contributed by atoms with Crippen LogP contribution in [0.2, 0.25) is 0 Å². The third-order valence-electron chi connectivity index (χ3n) is 12.6. The molecule has 0 spiro atoms. The zero-order valence-electron chi connectivity index (χ0n) is 41.8. The van der Waals surface area contributed by atoms with Gasteiger partial charge in [0.05, 0.1) is 19.8 Å². The van der Waals surface area contributed by atoms with E-state index < -0.39 is 92.7 Å². The maximum Gasteiger partial charge on any atom is 0.306 e. The highest BCUT2D eigenvalue weighted by molar-refractivity contribution is 5.70. The smallest absolute Gasteiger partial charge is 0.306 e. The molecule has 2 aliphatic heterocycles. The summed E-state index contributed by atoms with van der Waals surface area (Å²) in [5.41, 5.74) is 0. The van der Waals surface area contributed by atoms with Crippen LogP contribution in [0.5, 0.6) is 0 Å². The fourth-order valence-corrected chi connectivity index (χ4v) is 8.18. The van der Waals surface area contributed by atoms with Gasteiger partial charge in [0.2, 0.25) is 0 Å². The average molecular weight is 971 g/mol. The van der Waals surface area contributed by atoms with Crippen molar-refractivity contribution in [1.82, 2.24) is 0 Å². The summed E-state index contributed by atoms with van der Waals surface area (Å²) < 4.78 is 33.6. The number of aliphatic hydroxyl groups is 7. The first kappa shape index (κ1) is 61.8. The lowest BCUT2D eigenvalue weighted by Gasteiger charge is -2.42. The van der Waals surface area contributed by atoms with Gasteiger partial charge in [-0.15, -0.1) is 0 Å². The van der Waals surface area contributed by atoms with Gasteiger partial charge in [-0.25, -0.2) is 0 Å². The van der Waals surface area contributed by atoms with Gasteiger partial charge in [0.15, 0.2) is 18.7 Å². The normalized spacial score (nSPS) is 26.0. The van der Waals surface area contributed by atoms with Crippen LogP contribution in [0.3, 0.4) is 0 Å². The molecular formula is C53H94O15. The molecule has 2 saturated heterocycles. The molecule has 11 atom stereocenters. The molecular weight excluding hydrogens is 877 g/mol. The summed E-state index contributed by atoms with van der Waals surface area (Å²) in [7, 11) is 0. The van der Waals surface area contributed by atoms with Crippen LogP contribution < -0.4 is 0 Å². The molecule has 7 N–H and O–H groups in total. The van der Waals surface area contributed by atoms with E-state index in [4.69, 9.17) is 28.4 Å². The summed E-state index contributed by atoms with van der Waals surface area (Å²) in [4.78, 5) is 25.8. The molecule has 2 heterocycles. The van der Waals surface area contributed by atoms with Gasteiger partial charge < -0.3 is 64.2 Å². The number of esters is 2. The van der Waals surface area contributed by atoms with Gasteiger partial charge >= 0.3 is 11.9 Å². The van der Waals surface area contributed by atoms with Crippen molar-refractivity contribution in [1.29, 1.82) is 0 Å². The molecule has 0 aromatic rings. The first-order valence-corrected chi connectivity index (χ1v) is 26.6. The third kappa shape index (κ3) is 27.9. The predicted molar refractivity (Wildman–Crippen MR) is 261 cm³/mol. The minimum Gasteiger partial charge on any atom is -0.462 e. The topological polar surface area (TPSA) is 231 Å². The molecule has 0 saturated carbocycles. The molecule has 0 radical (unpaired) electrons. The first-order chi connectivity index (χ1) is 33.0. The fraction of sp³-hybridized carbons (Fsp3) is 0.849. The molecule has 0 bridgehead atoms. The second-order valence-electron chi connectivity index (χ2n) is 18.7. The summed E-state index contributed by atoms with van der Waals surface area (Å²) in [5.74, 6) is -0.940. The number of aliphatic hydroxyl groups excluding tert-OH is 7. The number of carbonyl (C=O) groups is 2. The van der Waals surface area contributed by atoms with Crippen LogP contribution >= 0.6 is 0 Å². The molecule has 0 aromatic carbocycles. The molecule has 396 valence electrons. The molecule has 68 heavy (non-hydrogen) atoms. The Bertz CT molecular complexity index is 1330. The van der Waals surface area contributed by atoms with Crippen molar-refractivity contribution < 1.29 is 73.8 Å². The van der Waals surface area contributed by atoms with E-state index in [1.54, 1.807) is 0 Å². The van der Waals surface area contributed by atoms with E-state index in [9.17, 15) is 45.3 Å². The van der Waals surface area contributed by atoms with Gasteiger partial charge in [-0.05, 0) is 70.6 Å². The standard InChI is InChI=1S/C53H94O15/c1-3-5-7-9-11-13-15-17-19-20-22-24-26-28-30-32-34-36-45(56)66-41(38-63-44(55)35-33-31-29-27-25-23-21-18-16-14-12-10-8-6-4-2)39-64-52-51(62)49(60)47(58)43(68-52)40-65-53-50(61)48(59)46(57)42(37-54)67-53/h12-15,18,21,41-43,46-54,57-62H,3-11,16-17,19-20,22-40H2,1-2H3/b14-12+,15-13+,21-18+/t41-,42+,43+,46-,47-,48?,49?,50?,51?,52+,53+/m1/s1. The lowest BCUT2D eigenvalue weighted by molar-refractivity contribution is -0.332. The number of carbonyl (C=O) groups excluding carboxylic acids is 2. The number of rotatable bonds is 41. The Morgan fingerprint density at radius 1 is 0.471 bits per heavy atom. The third-order valence-corrected chi connectivity index (χ3v) is 12.6. The van der Waals surface area contributed by atoms with Gasteiger partial charge in [0.1, 0.15) is 55.4 Å². The zero-order chi connectivity index (χ0) is 49.6. The zero-order valence-corrected chi connectivity index (χ0v) is 41.8. The van der Waals surface area contributed by atoms with Gasteiger partial charge in [0.25, 0.3) is 0 Å². The van der Waals surface area contributed by atoms with E-state index >= 15 is 0 Å². The maximum atomic E-state index is 13.0. The van der Waals surface area contributed by atoms with E-state index in [-0.39, 0.29) is 26.1 Å². The van der Waals surface area contributed by atoms with Crippen LogP contribution in [0.4, 0.5) is 0 Å². The van der Waals surface area contributed by atoms with E-state index in [1.807, 2.05) is 0 Å². The van der Waals surface area contributed by atoms with Crippen LogP contribution in [0.1, 0.15) is 194 Å². The highest BCUT2D eigenvalue weighted by Gasteiger charge is 2.47. The predicted octanol–water partition coefficient (Wildman–Crippen LogP) is 7.71. The first-order valence-electron chi connectivity index (χ1n) is 26.6. The highest BCUT2D eigenvalue weighted by Crippen LogP contribution is 2.26. The van der Waals surface area contributed by atoms with E-state index in [0.717, 1.165) is 70.6 Å². The Morgan fingerprint density at radius 2 is 0.882 bits per heavy atom. The quantitative estimate of drug-likeness (QED) is 0.0177. The maximum absolute atomic E-state index is 13.0. The van der Waals surface area contributed by atoms with Gasteiger partial charge in [-0.1, -0.05) is 147 Å². The minimum absolute atomic E-state index is 0.160. The van der Waals surface area contributed by atoms with Crippen molar-refractivity contribution in [2.75, 3.05) is 26.4 Å². The van der Waals surface area contributed by atoms with Crippen LogP contribution in [-0.4, -0.2) is 142 Å².